The fourth-order valence-electron chi connectivity index (χ4n) is 1.46. The third-order valence-electron chi connectivity index (χ3n) is 2.56. The molecule has 0 heterocycles. The molecule has 0 aliphatic heterocycles. The smallest absolute Gasteiger partial charge is 0.334 e. The minimum atomic E-state index is -1.16. The van der Waals surface area contributed by atoms with Gasteiger partial charge in [0, 0.05) is 19.2 Å². The molecule has 0 fully saturated rings. The first-order valence-corrected chi connectivity index (χ1v) is 5.69. The molecule has 1 aromatic rings. The number of hydrogen-bond donors (Lipinski definition) is 2. The highest BCUT2D eigenvalue weighted by atomic mass is 16.6. The third-order valence-corrected chi connectivity index (χ3v) is 2.56. The predicted octanol–water partition coefficient (Wildman–Crippen LogP) is 0.353. The highest BCUT2D eigenvalue weighted by molar-refractivity contribution is 5.80. The summed E-state index contributed by atoms with van der Waals surface area (Å²) in [6.07, 6.45) is -1.09. The summed E-state index contributed by atoms with van der Waals surface area (Å²) >= 11 is 0. The second kappa shape index (κ2) is 7.19. The van der Waals surface area contributed by atoms with E-state index in [1.54, 1.807) is 0 Å². The number of rotatable bonds is 7. The molecule has 0 bridgehead atoms. The van der Waals surface area contributed by atoms with Crippen molar-refractivity contribution < 1.29 is 24.4 Å². The Bertz CT molecular complexity index is 499. The number of carbonyl (C=O) groups excluding carboxylic acids is 1. The number of non-ortho nitro benzene ring substituents is 1. The molecule has 0 aliphatic carbocycles. The average molecular weight is 282 g/mol. The minimum Gasteiger partial charge on any atom is -0.479 e. The van der Waals surface area contributed by atoms with Gasteiger partial charge in [0.05, 0.1) is 17.9 Å². The SMILES string of the molecule is COC(CNC(=O)Cc1ccc([N+](=O)[O-])cc1)C(=O)O. The second-order valence-corrected chi connectivity index (χ2v) is 3.97. The molecule has 20 heavy (non-hydrogen) atoms. The van der Waals surface area contributed by atoms with Crippen LogP contribution < -0.4 is 5.32 Å². The van der Waals surface area contributed by atoms with Crippen molar-refractivity contribution in [3.8, 4) is 0 Å². The van der Waals surface area contributed by atoms with Crippen LogP contribution in [-0.4, -0.2) is 41.7 Å². The van der Waals surface area contributed by atoms with Crippen molar-refractivity contribution >= 4 is 17.6 Å². The number of methoxy groups -OCH3 is 1. The molecule has 108 valence electrons. The summed E-state index contributed by atoms with van der Waals surface area (Å²) in [7, 11) is 1.24. The molecule has 1 unspecified atom stereocenters. The molecule has 2 N–H and O–H groups in total. The lowest BCUT2D eigenvalue weighted by Crippen LogP contribution is -2.38. The third kappa shape index (κ3) is 4.65. The number of hydrogen-bond acceptors (Lipinski definition) is 5. The molecule has 0 spiro atoms. The molecule has 1 aromatic carbocycles. The first-order valence-electron chi connectivity index (χ1n) is 5.69. The maximum Gasteiger partial charge on any atom is 0.334 e. The molecule has 8 heteroatoms. The van der Waals surface area contributed by atoms with Crippen LogP contribution in [0, 0.1) is 10.1 Å². The van der Waals surface area contributed by atoms with E-state index in [0.29, 0.717) is 5.56 Å². The molecular formula is C12H14N2O6. The van der Waals surface area contributed by atoms with Crippen LogP contribution in [0.5, 0.6) is 0 Å². The van der Waals surface area contributed by atoms with Crippen molar-refractivity contribution in [3.63, 3.8) is 0 Å². The Kier molecular flexibility index (Phi) is 5.60. The molecule has 0 radical (unpaired) electrons. The molecule has 0 saturated carbocycles. The van der Waals surface area contributed by atoms with Crippen molar-refractivity contribution in [2.24, 2.45) is 0 Å². The molecular weight excluding hydrogens is 268 g/mol. The number of nitrogens with zero attached hydrogens (tertiary/aromatic N) is 1. The molecule has 0 saturated heterocycles. The first kappa shape index (κ1) is 15.6. The van der Waals surface area contributed by atoms with Crippen LogP contribution in [0.3, 0.4) is 0 Å². The first-order chi connectivity index (χ1) is 9.43. The largest absolute Gasteiger partial charge is 0.479 e. The van der Waals surface area contributed by atoms with Crippen LogP contribution >= 0.6 is 0 Å². The number of nitro groups is 1. The monoisotopic (exact) mass is 282 g/mol. The number of benzene rings is 1. The number of carboxylic acid groups (broad SMARTS) is 1. The quantitative estimate of drug-likeness (QED) is 0.550. The molecule has 1 rings (SSSR count). The van der Waals surface area contributed by atoms with E-state index in [0.717, 1.165) is 0 Å². The Morgan fingerprint density at radius 1 is 1.40 bits per heavy atom. The molecule has 8 nitrogen and oxygen atoms in total. The number of amides is 1. The lowest BCUT2D eigenvalue weighted by molar-refractivity contribution is -0.384. The van der Waals surface area contributed by atoms with Crippen LogP contribution in [0.1, 0.15) is 5.56 Å². The number of ether oxygens (including phenoxy) is 1. The van der Waals surface area contributed by atoms with Gasteiger partial charge in [0.2, 0.25) is 5.91 Å². The van der Waals surface area contributed by atoms with E-state index in [-0.39, 0.29) is 24.6 Å². The van der Waals surface area contributed by atoms with Gasteiger partial charge in [-0.2, -0.15) is 0 Å². The van der Waals surface area contributed by atoms with Gasteiger partial charge in [0.25, 0.3) is 5.69 Å². The molecule has 0 aromatic heterocycles. The summed E-state index contributed by atoms with van der Waals surface area (Å²) in [5, 5.41) is 21.6. The zero-order valence-corrected chi connectivity index (χ0v) is 10.7. The van der Waals surface area contributed by atoms with Crippen LogP contribution in [0.15, 0.2) is 24.3 Å². The molecule has 1 atom stereocenters. The Labute approximate surface area is 114 Å². The number of carboxylic acids is 1. The van der Waals surface area contributed by atoms with Gasteiger partial charge in [-0.3, -0.25) is 14.9 Å². The summed E-state index contributed by atoms with van der Waals surface area (Å²) < 4.78 is 4.67. The second-order valence-electron chi connectivity index (χ2n) is 3.97. The standard InChI is InChI=1S/C12H14N2O6/c1-20-10(12(16)17)7-13-11(15)6-8-2-4-9(5-3-8)14(18)19/h2-5,10H,6-7H2,1H3,(H,13,15)(H,16,17). The van der Waals surface area contributed by atoms with Gasteiger partial charge in [-0.15, -0.1) is 0 Å². The van der Waals surface area contributed by atoms with Gasteiger partial charge in [0.15, 0.2) is 6.10 Å². The van der Waals surface area contributed by atoms with E-state index >= 15 is 0 Å². The van der Waals surface area contributed by atoms with E-state index in [2.05, 4.69) is 10.1 Å². The Hall–Kier alpha value is -2.48. The maximum absolute atomic E-state index is 11.6. The lowest BCUT2D eigenvalue weighted by atomic mass is 10.1. The summed E-state index contributed by atoms with van der Waals surface area (Å²) in [4.78, 5) is 32.2. The fraction of sp³-hybridized carbons (Fsp3) is 0.333. The maximum atomic E-state index is 11.6. The zero-order valence-electron chi connectivity index (χ0n) is 10.7. The summed E-state index contributed by atoms with van der Waals surface area (Å²) in [6, 6.07) is 5.56. The zero-order chi connectivity index (χ0) is 15.1. The van der Waals surface area contributed by atoms with E-state index in [9.17, 15) is 19.7 Å². The normalized spacial score (nSPS) is 11.7. The molecule has 1 amide bonds. The summed E-state index contributed by atoms with van der Waals surface area (Å²) in [5.41, 5.74) is 0.539. The number of carbonyl (C=O) groups is 2. The predicted molar refractivity (Wildman–Crippen MR) is 68.2 cm³/mol. The highest BCUT2D eigenvalue weighted by Crippen LogP contribution is 2.12. The van der Waals surface area contributed by atoms with Crippen LogP contribution in [0.4, 0.5) is 5.69 Å². The van der Waals surface area contributed by atoms with Gasteiger partial charge in [-0.1, -0.05) is 12.1 Å². The van der Waals surface area contributed by atoms with Gasteiger partial charge < -0.3 is 15.2 Å². The Morgan fingerprint density at radius 2 is 2.00 bits per heavy atom. The van der Waals surface area contributed by atoms with E-state index in [4.69, 9.17) is 5.11 Å². The average Bonchev–Trinajstić information content (AvgIpc) is 2.39. The van der Waals surface area contributed by atoms with Crippen molar-refractivity contribution in [1.29, 1.82) is 0 Å². The lowest BCUT2D eigenvalue weighted by Gasteiger charge is -2.11. The van der Waals surface area contributed by atoms with E-state index < -0.39 is 17.0 Å². The van der Waals surface area contributed by atoms with Crippen molar-refractivity contribution in [2.75, 3.05) is 13.7 Å². The minimum absolute atomic E-state index is 0.00798. The topological polar surface area (TPSA) is 119 Å². The van der Waals surface area contributed by atoms with Gasteiger partial charge in [0.1, 0.15) is 0 Å². The van der Waals surface area contributed by atoms with Gasteiger partial charge >= 0.3 is 5.97 Å². The summed E-state index contributed by atoms with van der Waals surface area (Å²) in [5.74, 6) is -1.55. The highest BCUT2D eigenvalue weighted by Gasteiger charge is 2.17. The van der Waals surface area contributed by atoms with Crippen molar-refractivity contribution in [1.82, 2.24) is 5.32 Å². The van der Waals surface area contributed by atoms with Gasteiger partial charge in [-0.25, -0.2) is 4.79 Å². The van der Waals surface area contributed by atoms with Crippen molar-refractivity contribution in [3.05, 3.63) is 39.9 Å². The number of nitro benzene ring substituents is 1. The van der Waals surface area contributed by atoms with E-state index in [1.807, 2.05) is 0 Å². The fourth-order valence-corrected chi connectivity index (χ4v) is 1.46. The Balaban J connectivity index is 2.50. The van der Waals surface area contributed by atoms with Crippen molar-refractivity contribution in [2.45, 2.75) is 12.5 Å². The van der Waals surface area contributed by atoms with Crippen LogP contribution in [0.25, 0.3) is 0 Å². The summed E-state index contributed by atoms with van der Waals surface area (Å²) in [6.45, 7) is -0.141. The van der Waals surface area contributed by atoms with E-state index in [1.165, 1.54) is 31.4 Å². The number of nitrogens with one attached hydrogen (secondary N) is 1. The number of aliphatic carboxylic acids is 1. The van der Waals surface area contributed by atoms with Crippen LogP contribution in [0.2, 0.25) is 0 Å². The van der Waals surface area contributed by atoms with Crippen LogP contribution in [-0.2, 0) is 20.7 Å². The van der Waals surface area contributed by atoms with Gasteiger partial charge in [-0.05, 0) is 5.56 Å². The Morgan fingerprint density at radius 3 is 2.45 bits per heavy atom. The molecule has 0 aliphatic rings.